The molecule has 0 aliphatic rings. The molecule has 144 valence electrons. The number of hydrogen-bond acceptors (Lipinski definition) is 6. The summed E-state index contributed by atoms with van der Waals surface area (Å²) < 4.78 is 24.9. The molecule has 3 rings (SSSR count). The number of nitrogens with zero attached hydrogens (tertiary/aromatic N) is 2. The third kappa shape index (κ3) is 4.33. The van der Waals surface area contributed by atoms with Crippen molar-refractivity contribution in [3.8, 4) is 10.7 Å². The Kier molecular flexibility index (Phi) is 6.18. The van der Waals surface area contributed by atoms with Crippen LogP contribution in [0.25, 0.3) is 21.6 Å². The summed E-state index contributed by atoms with van der Waals surface area (Å²) in [7, 11) is -1.50. The summed E-state index contributed by atoms with van der Waals surface area (Å²) in [6.07, 6.45) is 0.191. The number of fused-ring (bicyclic) bond motifs is 1. The smallest absolute Gasteiger partial charge is 0.309 e. The number of aromatic nitrogens is 2. The first-order chi connectivity index (χ1) is 12.9. The molecule has 0 aliphatic heterocycles. The van der Waals surface area contributed by atoms with E-state index in [0.29, 0.717) is 35.0 Å². The topological polar surface area (TPSA) is 70.4 Å². The first-order valence-corrected chi connectivity index (χ1v) is 11.4. The zero-order valence-electron chi connectivity index (χ0n) is 15.3. The van der Waals surface area contributed by atoms with Crippen molar-refractivity contribution in [3.63, 3.8) is 0 Å². The number of thiophene rings is 1. The quantitative estimate of drug-likeness (QED) is 0.492. The lowest BCUT2D eigenvalue weighted by molar-refractivity contribution is 0.219. The monoisotopic (exact) mass is 426 g/mol. The number of halogens is 1. The Morgan fingerprint density at radius 3 is 2.56 bits per heavy atom. The fourth-order valence-electron chi connectivity index (χ4n) is 2.76. The molecule has 0 spiro atoms. The minimum atomic E-state index is -3.18. The largest absolute Gasteiger partial charge is 0.335 e. The minimum Gasteiger partial charge on any atom is -0.309 e. The van der Waals surface area contributed by atoms with Gasteiger partial charge in [0.1, 0.15) is 0 Å². The van der Waals surface area contributed by atoms with Gasteiger partial charge in [-0.2, -0.15) is 0 Å². The summed E-state index contributed by atoms with van der Waals surface area (Å²) >= 11 is 7.41. The summed E-state index contributed by atoms with van der Waals surface area (Å²) in [5, 5.41) is 0.970. The third-order valence-electron chi connectivity index (χ3n) is 3.92. The maximum absolute atomic E-state index is 12.7. The SMILES string of the molecule is CCOP(=O)(Cc1ccc(-c2nc3ccc(Cl)cc3c(=O)n2C)s1)OCC. The molecular weight excluding hydrogens is 407 g/mol. The lowest BCUT2D eigenvalue weighted by atomic mass is 10.2. The number of hydrogen-bond donors (Lipinski definition) is 0. The van der Waals surface area contributed by atoms with Crippen LogP contribution < -0.4 is 5.56 Å². The Hall–Kier alpha value is -1.50. The predicted molar refractivity (Wildman–Crippen MR) is 110 cm³/mol. The Balaban J connectivity index is 1.99. The molecule has 27 heavy (non-hydrogen) atoms. The zero-order valence-corrected chi connectivity index (χ0v) is 17.7. The fraction of sp³-hybridized carbons (Fsp3) is 0.333. The van der Waals surface area contributed by atoms with E-state index < -0.39 is 7.60 Å². The Labute approximate surface area is 166 Å². The first-order valence-electron chi connectivity index (χ1n) is 8.50. The normalized spacial score (nSPS) is 12.0. The Morgan fingerprint density at radius 1 is 1.19 bits per heavy atom. The number of benzene rings is 1. The van der Waals surface area contributed by atoms with Crippen molar-refractivity contribution in [2.24, 2.45) is 7.05 Å². The van der Waals surface area contributed by atoms with Gasteiger partial charge in [0.25, 0.3) is 5.56 Å². The molecule has 2 aromatic heterocycles. The highest BCUT2D eigenvalue weighted by atomic mass is 35.5. The van der Waals surface area contributed by atoms with Gasteiger partial charge in [0.15, 0.2) is 5.82 Å². The summed E-state index contributed by atoms with van der Waals surface area (Å²) in [6.45, 7) is 4.21. The lowest BCUT2D eigenvalue weighted by Gasteiger charge is -2.15. The molecule has 0 fully saturated rings. The van der Waals surface area contributed by atoms with Crippen LogP contribution in [0.1, 0.15) is 18.7 Å². The van der Waals surface area contributed by atoms with Crippen LogP contribution in [-0.4, -0.2) is 22.8 Å². The molecule has 0 atom stereocenters. The average molecular weight is 427 g/mol. The van der Waals surface area contributed by atoms with Crippen molar-refractivity contribution in [1.29, 1.82) is 0 Å². The van der Waals surface area contributed by atoms with Gasteiger partial charge >= 0.3 is 7.60 Å². The molecule has 6 nitrogen and oxygen atoms in total. The van der Waals surface area contributed by atoms with Gasteiger partial charge in [0, 0.05) is 16.9 Å². The van der Waals surface area contributed by atoms with Gasteiger partial charge in [-0.15, -0.1) is 11.3 Å². The maximum atomic E-state index is 12.7. The molecule has 0 unspecified atom stereocenters. The molecule has 0 N–H and O–H groups in total. The zero-order chi connectivity index (χ0) is 19.6. The minimum absolute atomic E-state index is 0.165. The van der Waals surface area contributed by atoms with Gasteiger partial charge < -0.3 is 9.05 Å². The van der Waals surface area contributed by atoms with Gasteiger partial charge in [-0.25, -0.2) is 4.98 Å². The molecule has 9 heteroatoms. The van der Waals surface area contributed by atoms with Crippen molar-refractivity contribution in [3.05, 3.63) is 50.6 Å². The van der Waals surface area contributed by atoms with Crippen molar-refractivity contribution in [2.45, 2.75) is 20.0 Å². The van der Waals surface area contributed by atoms with E-state index in [-0.39, 0.29) is 11.7 Å². The van der Waals surface area contributed by atoms with E-state index in [9.17, 15) is 9.36 Å². The summed E-state index contributed by atoms with van der Waals surface area (Å²) in [4.78, 5) is 18.9. The molecule has 0 amide bonds. The predicted octanol–water partition coefficient (Wildman–Crippen LogP) is 5.08. The van der Waals surface area contributed by atoms with E-state index in [1.807, 2.05) is 12.1 Å². The highest BCUT2D eigenvalue weighted by Gasteiger charge is 2.25. The molecular formula is C18H20ClN2O4PS. The molecule has 1 aromatic carbocycles. The first kappa shape index (κ1) is 20.2. The van der Waals surface area contributed by atoms with Crippen LogP contribution in [0, 0.1) is 0 Å². The second-order valence-electron chi connectivity index (χ2n) is 5.83. The van der Waals surface area contributed by atoms with E-state index in [2.05, 4.69) is 4.98 Å². The van der Waals surface area contributed by atoms with Crippen LogP contribution in [0.4, 0.5) is 0 Å². The fourth-order valence-corrected chi connectivity index (χ4v) is 6.02. The van der Waals surface area contributed by atoms with Crippen LogP contribution in [-0.2, 0) is 26.8 Å². The Morgan fingerprint density at radius 2 is 1.89 bits per heavy atom. The second-order valence-corrected chi connectivity index (χ2v) is 9.49. The van der Waals surface area contributed by atoms with Crippen LogP contribution in [0.5, 0.6) is 0 Å². The molecule has 0 saturated carbocycles. The summed E-state index contributed by atoms with van der Waals surface area (Å²) in [5.41, 5.74) is 0.420. The second kappa shape index (κ2) is 8.25. The van der Waals surface area contributed by atoms with E-state index in [4.69, 9.17) is 20.6 Å². The van der Waals surface area contributed by atoms with Crippen LogP contribution in [0.15, 0.2) is 35.1 Å². The summed E-state index contributed by atoms with van der Waals surface area (Å²) in [6, 6.07) is 8.79. The molecule has 0 bridgehead atoms. The Bertz CT molecular complexity index is 1070. The average Bonchev–Trinajstić information content (AvgIpc) is 3.06. The van der Waals surface area contributed by atoms with Crippen molar-refractivity contribution >= 4 is 41.4 Å². The van der Waals surface area contributed by atoms with Crippen molar-refractivity contribution < 1.29 is 13.6 Å². The molecule has 0 aliphatic carbocycles. The standard InChI is InChI=1S/C18H20ClN2O4PS/c1-4-24-26(23,25-5-2)11-13-7-9-16(27-13)17-20-15-8-6-12(19)10-14(15)18(22)21(17)3/h6-10H,4-5,11H2,1-3H3. The third-order valence-corrected chi connectivity index (χ3v) is 7.48. The summed E-state index contributed by atoms with van der Waals surface area (Å²) in [5.74, 6) is 0.550. The van der Waals surface area contributed by atoms with Gasteiger partial charge in [-0.1, -0.05) is 11.6 Å². The van der Waals surface area contributed by atoms with Crippen LogP contribution in [0.3, 0.4) is 0 Å². The van der Waals surface area contributed by atoms with E-state index in [0.717, 1.165) is 9.75 Å². The van der Waals surface area contributed by atoms with E-state index >= 15 is 0 Å². The molecule has 3 aromatic rings. The van der Waals surface area contributed by atoms with Gasteiger partial charge in [-0.3, -0.25) is 13.9 Å². The molecule has 0 saturated heterocycles. The maximum Gasteiger partial charge on any atom is 0.335 e. The van der Waals surface area contributed by atoms with Gasteiger partial charge in [0.05, 0.1) is 35.2 Å². The van der Waals surface area contributed by atoms with E-state index in [1.165, 1.54) is 15.9 Å². The van der Waals surface area contributed by atoms with Crippen LogP contribution >= 0.6 is 30.5 Å². The molecule has 2 heterocycles. The molecule has 0 radical (unpaired) electrons. The number of rotatable bonds is 7. The van der Waals surface area contributed by atoms with Gasteiger partial charge in [0.2, 0.25) is 0 Å². The van der Waals surface area contributed by atoms with Crippen LogP contribution in [0.2, 0.25) is 5.02 Å². The highest BCUT2D eigenvalue weighted by molar-refractivity contribution is 7.53. The highest BCUT2D eigenvalue weighted by Crippen LogP contribution is 2.52. The van der Waals surface area contributed by atoms with Gasteiger partial charge in [-0.05, 0) is 44.2 Å². The van der Waals surface area contributed by atoms with E-state index in [1.54, 1.807) is 39.1 Å². The van der Waals surface area contributed by atoms with Crippen molar-refractivity contribution in [2.75, 3.05) is 13.2 Å². The van der Waals surface area contributed by atoms with Crippen molar-refractivity contribution in [1.82, 2.24) is 9.55 Å². The lowest BCUT2D eigenvalue weighted by Crippen LogP contribution is -2.19.